The van der Waals surface area contributed by atoms with Crippen LogP contribution in [0.4, 0.5) is 0 Å². The Balaban J connectivity index is 0. The Hall–Kier alpha value is 0.560. The van der Waals surface area contributed by atoms with Crippen LogP contribution < -0.4 is 0 Å². The summed E-state index contributed by atoms with van der Waals surface area (Å²) in [6.45, 7) is 12.6. The number of rotatable bonds is 3. The molecule has 0 aliphatic carbocycles. The van der Waals surface area contributed by atoms with Gasteiger partial charge in [0.25, 0.3) is 0 Å². The third kappa shape index (κ3) is 8.88. The van der Waals surface area contributed by atoms with Crippen molar-refractivity contribution >= 4 is 34.4 Å². The molecule has 0 spiro atoms. The molecule has 0 rings (SSSR count). The van der Waals surface area contributed by atoms with Crippen LogP contribution in [0.5, 0.6) is 0 Å². The Labute approximate surface area is 101 Å². The Morgan fingerprint density at radius 2 is 1.69 bits per heavy atom. The van der Waals surface area contributed by atoms with Gasteiger partial charge in [-0.25, -0.2) is 0 Å². The minimum Gasteiger partial charge on any atom is -0.102 e. The minimum absolute atomic E-state index is 0.261. The highest BCUT2D eigenvalue weighted by molar-refractivity contribution is 14.1. The fourth-order valence-corrected chi connectivity index (χ4v) is 2.08. The smallest absolute Gasteiger partial charge is 0.0473 e. The van der Waals surface area contributed by atoms with Gasteiger partial charge in [0.15, 0.2) is 0 Å². The zero-order valence-electron chi connectivity index (χ0n) is 9.52. The zero-order valence-corrected chi connectivity index (χ0v) is 12.5. The predicted molar refractivity (Wildman–Crippen MR) is 75.6 cm³/mol. The Bertz CT molecular complexity index is 163. The van der Waals surface area contributed by atoms with Crippen molar-refractivity contribution in [3.63, 3.8) is 0 Å². The summed E-state index contributed by atoms with van der Waals surface area (Å²) in [6, 6.07) is 0. The molecule has 0 aliphatic heterocycles. The fourth-order valence-electron chi connectivity index (χ4n) is 0.693. The second kappa shape index (κ2) is 9.13. The summed E-state index contributed by atoms with van der Waals surface area (Å²) in [7, 11) is 0. The number of hydrogen-bond donors (Lipinski definition) is 0. The van der Waals surface area contributed by atoms with Crippen molar-refractivity contribution in [2.24, 2.45) is 0 Å². The van der Waals surface area contributed by atoms with E-state index in [2.05, 4.69) is 60.9 Å². The molecule has 13 heavy (non-hydrogen) atoms. The van der Waals surface area contributed by atoms with Crippen molar-refractivity contribution in [2.45, 2.75) is 45.0 Å². The first kappa shape index (κ1) is 16.0. The third-order valence-electron chi connectivity index (χ3n) is 1.18. The minimum atomic E-state index is 0.261. The molecule has 0 nitrogen and oxygen atoms in total. The molecule has 0 fully saturated rings. The van der Waals surface area contributed by atoms with E-state index in [1.807, 2.05) is 20.8 Å². The first-order chi connectivity index (χ1) is 6.02. The first-order valence-electron chi connectivity index (χ1n) is 4.66. The fraction of sp³-hybridized carbons (Fsp3) is 0.636. The van der Waals surface area contributed by atoms with Gasteiger partial charge in [-0.2, -0.15) is 0 Å². The number of halogens is 1. The molecule has 2 heteroatoms. The van der Waals surface area contributed by atoms with Crippen molar-refractivity contribution in [3.8, 4) is 0 Å². The van der Waals surface area contributed by atoms with Crippen molar-refractivity contribution in [1.82, 2.24) is 0 Å². The lowest BCUT2D eigenvalue weighted by Crippen LogP contribution is -2.09. The molecule has 0 aliphatic rings. The lowest BCUT2D eigenvalue weighted by Gasteiger charge is -2.18. The van der Waals surface area contributed by atoms with Gasteiger partial charge >= 0.3 is 0 Å². The summed E-state index contributed by atoms with van der Waals surface area (Å²) in [5, 5.41) is 2.12. The molecule has 0 N–H and O–H groups in total. The van der Waals surface area contributed by atoms with Gasteiger partial charge < -0.3 is 0 Å². The molecular weight excluding hydrogens is 291 g/mol. The summed E-state index contributed by atoms with van der Waals surface area (Å²) in [5.74, 6) is 0. The van der Waals surface area contributed by atoms with Crippen LogP contribution in [-0.4, -0.2) is 3.42 Å². The highest BCUT2D eigenvalue weighted by Crippen LogP contribution is 2.35. The van der Waals surface area contributed by atoms with Crippen LogP contribution >= 0.6 is 34.4 Å². The number of hydrogen-bond acceptors (Lipinski definition) is 1. The van der Waals surface area contributed by atoms with Crippen LogP contribution in [0.1, 0.15) is 41.5 Å². The monoisotopic (exact) mass is 312 g/mol. The summed E-state index contributed by atoms with van der Waals surface area (Å²) in [4.78, 5) is 1.41. The highest BCUT2D eigenvalue weighted by Gasteiger charge is 2.17. The molecule has 78 valence electrons. The van der Waals surface area contributed by atoms with Gasteiger partial charge in [0, 0.05) is 8.33 Å². The van der Waals surface area contributed by atoms with E-state index in [0.717, 1.165) is 0 Å². The summed E-state index contributed by atoms with van der Waals surface area (Å²) >= 11 is 4.26. The van der Waals surface area contributed by atoms with Crippen LogP contribution in [-0.2, 0) is 0 Å². The van der Waals surface area contributed by atoms with Crippen molar-refractivity contribution in [2.75, 3.05) is 0 Å². The molecule has 0 bridgehead atoms. The SMILES string of the molecule is C/C=C\S/C(=C\C)C(C)(C)I.CC. The Morgan fingerprint density at radius 3 is 1.92 bits per heavy atom. The summed E-state index contributed by atoms with van der Waals surface area (Å²) in [6.07, 6.45) is 4.24. The molecule has 0 unspecified atom stereocenters. The molecule has 0 aromatic heterocycles. The van der Waals surface area contributed by atoms with Crippen LogP contribution in [0.3, 0.4) is 0 Å². The van der Waals surface area contributed by atoms with E-state index in [0.29, 0.717) is 0 Å². The van der Waals surface area contributed by atoms with Gasteiger partial charge in [-0.05, 0) is 33.1 Å². The lowest BCUT2D eigenvalue weighted by atomic mass is 10.2. The normalized spacial score (nSPS) is 12.7. The average molecular weight is 312 g/mol. The lowest BCUT2D eigenvalue weighted by molar-refractivity contribution is 0.927. The van der Waals surface area contributed by atoms with Gasteiger partial charge in [0.1, 0.15) is 0 Å². The van der Waals surface area contributed by atoms with Crippen LogP contribution in [0.2, 0.25) is 0 Å². The van der Waals surface area contributed by atoms with Crippen LogP contribution in [0.25, 0.3) is 0 Å². The van der Waals surface area contributed by atoms with E-state index < -0.39 is 0 Å². The van der Waals surface area contributed by atoms with Crippen LogP contribution in [0, 0.1) is 0 Å². The van der Waals surface area contributed by atoms with Crippen molar-refractivity contribution in [3.05, 3.63) is 22.5 Å². The van der Waals surface area contributed by atoms with Gasteiger partial charge in [-0.1, -0.05) is 48.6 Å². The van der Waals surface area contributed by atoms with E-state index in [-0.39, 0.29) is 3.42 Å². The molecule has 0 amide bonds. The third-order valence-corrected chi connectivity index (χ3v) is 3.53. The molecule has 0 saturated heterocycles. The van der Waals surface area contributed by atoms with Crippen molar-refractivity contribution < 1.29 is 0 Å². The van der Waals surface area contributed by atoms with Gasteiger partial charge in [0.05, 0.1) is 0 Å². The molecule has 0 heterocycles. The number of allylic oxidation sites excluding steroid dienone is 3. The molecule has 0 aromatic carbocycles. The average Bonchev–Trinajstić information content (AvgIpc) is 2.07. The van der Waals surface area contributed by atoms with E-state index in [9.17, 15) is 0 Å². The van der Waals surface area contributed by atoms with Gasteiger partial charge in [0.2, 0.25) is 0 Å². The maximum absolute atomic E-state index is 2.46. The van der Waals surface area contributed by atoms with E-state index >= 15 is 0 Å². The second-order valence-electron chi connectivity index (χ2n) is 2.71. The van der Waals surface area contributed by atoms with E-state index in [1.165, 1.54) is 4.91 Å². The van der Waals surface area contributed by atoms with Crippen molar-refractivity contribution in [1.29, 1.82) is 0 Å². The first-order valence-corrected chi connectivity index (χ1v) is 6.61. The second-order valence-corrected chi connectivity index (χ2v) is 6.36. The van der Waals surface area contributed by atoms with Gasteiger partial charge in [-0.3, -0.25) is 0 Å². The maximum Gasteiger partial charge on any atom is 0.0473 e. The molecule has 0 atom stereocenters. The zero-order chi connectivity index (χ0) is 10.9. The predicted octanol–water partition coefficient (Wildman–Crippen LogP) is 5.40. The summed E-state index contributed by atoms with van der Waals surface area (Å²) in [5.41, 5.74) is 0. The van der Waals surface area contributed by atoms with Gasteiger partial charge in [-0.15, -0.1) is 11.8 Å². The summed E-state index contributed by atoms with van der Waals surface area (Å²) < 4.78 is 0.261. The molecule has 0 aromatic rings. The molecular formula is C11H21IS. The van der Waals surface area contributed by atoms with Crippen LogP contribution in [0.15, 0.2) is 22.5 Å². The Morgan fingerprint density at radius 1 is 1.23 bits per heavy atom. The quantitative estimate of drug-likeness (QED) is 0.497. The highest BCUT2D eigenvalue weighted by atomic mass is 127. The standard InChI is InChI=1S/C9H15IS.C2H6/c1-5-7-11-8(6-2)9(3,4)10;1-2/h5-7H,1-4H3;1-2H3/b7-5-,8-6-;. The largest absolute Gasteiger partial charge is 0.102 e. The van der Waals surface area contributed by atoms with E-state index in [1.54, 1.807) is 11.8 Å². The molecule has 0 radical (unpaired) electrons. The number of alkyl halides is 1. The Kier molecular flexibility index (Phi) is 11.2. The molecule has 0 saturated carbocycles. The van der Waals surface area contributed by atoms with E-state index in [4.69, 9.17) is 0 Å². The number of thioether (sulfide) groups is 1. The maximum atomic E-state index is 2.46. The topological polar surface area (TPSA) is 0 Å².